The first-order valence-electron chi connectivity index (χ1n) is 2.71. The molecule has 1 aromatic heterocycles. The molecule has 1 rings (SSSR count). The highest BCUT2D eigenvalue weighted by molar-refractivity contribution is 7.14. The van der Waals surface area contributed by atoms with E-state index in [1.807, 2.05) is 6.07 Å². The second-order valence-electron chi connectivity index (χ2n) is 1.74. The fraction of sp³-hybridized carbons (Fsp3) is 0. The van der Waals surface area contributed by atoms with Crippen molar-refractivity contribution in [2.75, 3.05) is 5.32 Å². The van der Waals surface area contributed by atoms with E-state index in [4.69, 9.17) is 10.4 Å². The molecule has 2 N–H and O–H groups in total. The molecule has 5 heteroatoms. The molecule has 0 bridgehead atoms. The van der Waals surface area contributed by atoms with E-state index in [0.717, 1.165) is 0 Å². The highest BCUT2D eigenvalue weighted by Crippen LogP contribution is 2.18. The van der Waals surface area contributed by atoms with Gasteiger partial charge >= 0.3 is 6.09 Å². The van der Waals surface area contributed by atoms with Gasteiger partial charge in [-0.15, -0.1) is 11.3 Å². The Morgan fingerprint density at radius 1 is 1.82 bits per heavy atom. The van der Waals surface area contributed by atoms with Gasteiger partial charge in [-0.3, -0.25) is 5.32 Å². The molecule has 0 aromatic carbocycles. The van der Waals surface area contributed by atoms with E-state index >= 15 is 0 Å². The molecule has 1 amide bonds. The third kappa shape index (κ3) is 1.95. The number of amides is 1. The number of carbonyl (C=O) groups is 1. The van der Waals surface area contributed by atoms with Crippen molar-refractivity contribution in [1.29, 1.82) is 5.26 Å². The van der Waals surface area contributed by atoms with Crippen molar-refractivity contribution in [3.63, 3.8) is 0 Å². The highest BCUT2D eigenvalue weighted by Gasteiger charge is 2.00. The quantitative estimate of drug-likeness (QED) is 0.670. The van der Waals surface area contributed by atoms with Crippen molar-refractivity contribution in [2.45, 2.75) is 0 Å². The molecule has 56 valence electrons. The number of rotatable bonds is 1. The first kappa shape index (κ1) is 7.57. The Hall–Kier alpha value is -1.54. The fourth-order valence-corrected chi connectivity index (χ4v) is 1.28. The van der Waals surface area contributed by atoms with Gasteiger partial charge in [-0.1, -0.05) is 0 Å². The largest absolute Gasteiger partial charge is 0.465 e. The molecule has 0 atom stereocenters. The van der Waals surface area contributed by atoms with E-state index in [-0.39, 0.29) is 0 Å². The zero-order valence-electron chi connectivity index (χ0n) is 5.37. The van der Waals surface area contributed by atoms with Gasteiger partial charge in [0.05, 0.1) is 10.6 Å². The Balaban J connectivity index is 2.75. The molecule has 0 saturated carbocycles. The molecular formula is C6H4N2O2S. The number of carboxylic acid groups (broad SMARTS) is 1. The van der Waals surface area contributed by atoms with Crippen molar-refractivity contribution >= 4 is 22.4 Å². The summed E-state index contributed by atoms with van der Waals surface area (Å²) >= 11 is 1.19. The maximum atomic E-state index is 10.1. The second kappa shape index (κ2) is 3.03. The minimum absolute atomic E-state index is 0.467. The Morgan fingerprint density at radius 3 is 3.00 bits per heavy atom. The van der Waals surface area contributed by atoms with Crippen molar-refractivity contribution in [3.8, 4) is 6.07 Å². The van der Waals surface area contributed by atoms with Crippen molar-refractivity contribution in [3.05, 3.63) is 17.0 Å². The van der Waals surface area contributed by atoms with E-state index in [1.54, 1.807) is 5.38 Å². The topological polar surface area (TPSA) is 73.1 Å². The van der Waals surface area contributed by atoms with E-state index in [2.05, 4.69) is 5.32 Å². The molecular weight excluding hydrogens is 164 g/mol. The molecule has 0 unspecified atom stereocenters. The van der Waals surface area contributed by atoms with Crippen molar-refractivity contribution in [1.82, 2.24) is 0 Å². The first-order valence-corrected chi connectivity index (χ1v) is 3.59. The Morgan fingerprint density at radius 2 is 2.55 bits per heavy atom. The average molecular weight is 168 g/mol. The molecule has 0 radical (unpaired) electrons. The van der Waals surface area contributed by atoms with Crippen LogP contribution in [-0.2, 0) is 0 Å². The van der Waals surface area contributed by atoms with Gasteiger partial charge in [0.2, 0.25) is 0 Å². The molecule has 1 heterocycles. The van der Waals surface area contributed by atoms with Crippen LogP contribution in [0, 0.1) is 11.3 Å². The predicted molar refractivity (Wildman–Crippen MR) is 40.7 cm³/mol. The van der Waals surface area contributed by atoms with Crippen LogP contribution < -0.4 is 5.32 Å². The van der Waals surface area contributed by atoms with E-state index in [1.165, 1.54) is 17.4 Å². The Kier molecular flexibility index (Phi) is 2.09. The lowest BCUT2D eigenvalue weighted by Gasteiger charge is -1.90. The lowest BCUT2D eigenvalue weighted by Crippen LogP contribution is -2.05. The third-order valence-electron chi connectivity index (χ3n) is 0.959. The number of nitrogens with one attached hydrogen (secondary N) is 1. The molecule has 0 aliphatic rings. The van der Waals surface area contributed by atoms with Crippen LogP contribution in [0.1, 0.15) is 5.56 Å². The summed E-state index contributed by atoms with van der Waals surface area (Å²) in [5.41, 5.74) is 0.471. The second-order valence-corrected chi connectivity index (χ2v) is 2.65. The maximum Gasteiger partial charge on any atom is 0.409 e. The van der Waals surface area contributed by atoms with E-state index < -0.39 is 6.09 Å². The normalized spacial score (nSPS) is 8.64. The average Bonchev–Trinajstić information content (AvgIpc) is 2.34. The molecule has 4 nitrogen and oxygen atoms in total. The van der Waals surface area contributed by atoms with Gasteiger partial charge < -0.3 is 5.11 Å². The number of thiophene rings is 1. The van der Waals surface area contributed by atoms with Gasteiger partial charge in [0.25, 0.3) is 0 Å². The maximum absolute atomic E-state index is 10.1. The van der Waals surface area contributed by atoms with Crippen LogP contribution in [0.3, 0.4) is 0 Å². The van der Waals surface area contributed by atoms with Crippen LogP contribution >= 0.6 is 11.3 Å². The summed E-state index contributed by atoms with van der Waals surface area (Å²) in [6.45, 7) is 0. The number of hydrogen-bond donors (Lipinski definition) is 2. The lowest BCUT2D eigenvalue weighted by atomic mass is 10.4. The van der Waals surface area contributed by atoms with E-state index in [0.29, 0.717) is 10.6 Å². The molecule has 0 aliphatic carbocycles. The molecule has 0 fully saturated rings. The van der Waals surface area contributed by atoms with Gasteiger partial charge in [-0.25, -0.2) is 4.79 Å². The number of hydrogen-bond acceptors (Lipinski definition) is 3. The molecule has 0 saturated heterocycles. The van der Waals surface area contributed by atoms with Crippen LogP contribution in [0.2, 0.25) is 0 Å². The van der Waals surface area contributed by atoms with Gasteiger partial charge in [0, 0.05) is 5.38 Å². The fourth-order valence-electron chi connectivity index (χ4n) is 0.566. The number of anilines is 1. The summed E-state index contributed by atoms with van der Waals surface area (Å²) in [5.74, 6) is 0. The zero-order chi connectivity index (χ0) is 8.27. The number of nitrogens with zero attached hydrogens (tertiary/aromatic N) is 1. The van der Waals surface area contributed by atoms with Crippen LogP contribution in [0.4, 0.5) is 9.80 Å². The lowest BCUT2D eigenvalue weighted by molar-refractivity contribution is 0.210. The highest BCUT2D eigenvalue weighted by atomic mass is 32.1. The minimum atomic E-state index is -1.11. The van der Waals surface area contributed by atoms with Crippen LogP contribution in [0.15, 0.2) is 11.4 Å². The zero-order valence-corrected chi connectivity index (χ0v) is 6.18. The van der Waals surface area contributed by atoms with Gasteiger partial charge in [-0.05, 0) is 6.07 Å². The molecule has 1 aromatic rings. The summed E-state index contributed by atoms with van der Waals surface area (Å²) < 4.78 is 0. The molecule has 11 heavy (non-hydrogen) atoms. The van der Waals surface area contributed by atoms with Gasteiger partial charge in [-0.2, -0.15) is 5.26 Å². The first-order chi connectivity index (χ1) is 5.22. The van der Waals surface area contributed by atoms with Gasteiger partial charge in [0.15, 0.2) is 0 Å². The molecule has 0 aliphatic heterocycles. The van der Waals surface area contributed by atoms with Crippen LogP contribution in [-0.4, -0.2) is 11.2 Å². The predicted octanol–water partition coefficient (Wildman–Crippen LogP) is 1.71. The van der Waals surface area contributed by atoms with Crippen molar-refractivity contribution < 1.29 is 9.90 Å². The Labute approximate surface area is 66.7 Å². The summed E-state index contributed by atoms with van der Waals surface area (Å²) in [7, 11) is 0. The van der Waals surface area contributed by atoms with Crippen molar-refractivity contribution in [2.24, 2.45) is 0 Å². The van der Waals surface area contributed by atoms with Gasteiger partial charge in [0.1, 0.15) is 6.07 Å². The monoisotopic (exact) mass is 168 g/mol. The van der Waals surface area contributed by atoms with E-state index in [9.17, 15) is 4.79 Å². The smallest absolute Gasteiger partial charge is 0.409 e. The summed E-state index contributed by atoms with van der Waals surface area (Å²) in [6, 6.07) is 3.38. The number of nitriles is 1. The standard InChI is InChI=1S/C6H4N2O2S/c7-2-4-1-5(11-3-4)8-6(9)10/h1,3,8H,(H,9,10). The minimum Gasteiger partial charge on any atom is -0.465 e. The third-order valence-corrected chi connectivity index (χ3v) is 1.80. The SMILES string of the molecule is N#Cc1csc(NC(=O)O)c1. The van der Waals surface area contributed by atoms with Crippen LogP contribution in [0.5, 0.6) is 0 Å². The molecule has 0 spiro atoms. The van der Waals surface area contributed by atoms with Crippen LogP contribution in [0.25, 0.3) is 0 Å². The summed E-state index contributed by atoms with van der Waals surface area (Å²) in [4.78, 5) is 10.1. The summed E-state index contributed by atoms with van der Waals surface area (Å²) in [5, 5.41) is 20.8. The summed E-state index contributed by atoms with van der Waals surface area (Å²) in [6.07, 6.45) is -1.11. The Bertz CT molecular complexity index is 313.